The predicted octanol–water partition coefficient (Wildman–Crippen LogP) is 2.27. The Kier molecular flexibility index (Phi) is 6.53. The number of rotatable bonds is 8. The molecule has 1 fully saturated rings. The molecule has 1 amide bonds. The van der Waals surface area contributed by atoms with E-state index in [2.05, 4.69) is 12.2 Å². The molecule has 26 heavy (non-hydrogen) atoms. The van der Waals surface area contributed by atoms with Crippen LogP contribution in [-0.4, -0.2) is 27.1 Å². The van der Waals surface area contributed by atoms with E-state index in [1.807, 2.05) is 31.2 Å². The zero-order chi connectivity index (χ0) is 18.0. The number of fused-ring (bicyclic) bond motifs is 1. The van der Waals surface area contributed by atoms with Crippen molar-refractivity contribution in [3.63, 3.8) is 0 Å². The van der Waals surface area contributed by atoms with E-state index >= 15 is 0 Å². The lowest BCUT2D eigenvalue weighted by atomic mass is 9.96. The van der Waals surface area contributed by atoms with Crippen LogP contribution in [0, 0.1) is 5.92 Å². The first-order valence-corrected chi connectivity index (χ1v) is 9.19. The van der Waals surface area contributed by atoms with Gasteiger partial charge in [0, 0.05) is 26.1 Å². The number of hydrogen-bond acceptors (Lipinski definition) is 3. The molecule has 2 aromatic rings. The van der Waals surface area contributed by atoms with E-state index in [0.29, 0.717) is 25.6 Å². The number of para-hydroxylation sites is 2. The van der Waals surface area contributed by atoms with Crippen LogP contribution < -0.4 is 16.7 Å². The minimum absolute atomic E-state index is 0. The molecule has 7 heteroatoms. The molecule has 0 aliphatic heterocycles. The topological polar surface area (TPSA) is 82.0 Å². The van der Waals surface area contributed by atoms with Gasteiger partial charge in [0.05, 0.1) is 16.6 Å². The summed E-state index contributed by atoms with van der Waals surface area (Å²) in [7, 11) is 0. The van der Waals surface area contributed by atoms with Crippen molar-refractivity contribution >= 4 is 29.3 Å². The number of carbonyl (C=O) groups is 1. The van der Waals surface area contributed by atoms with Crippen molar-refractivity contribution < 1.29 is 4.79 Å². The summed E-state index contributed by atoms with van der Waals surface area (Å²) in [6.45, 7) is 5.58. The smallest absolute Gasteiger partial charge is 0.329 e. The van der Waals surface area contributed by atoms with Gasteiger partial charge in [0.2, 0.25) is 5.91 Å². The third-order valence-electron chi connectivity index (χ3n) is 5.26. The molecule has 1 unspecified atom stereocenters. The van der Waals surface area contributed by atoms with Crippen LogP contribution in [0.4, 0.5) is 0 Å². The van der Waals surface area contributed by atoms with E-state index < -0.39 is 0 Å². The number of aromatic nitrogens is 2. The lowest BCUT2D eigenvalue weighted by Crippen LogP contribution is -2.53. The number of aryl methyl sites for hydroxylation is 2. The molecule has 1 saturated carbocycles. The number of amides is 1. The highest BCUT2D eigenvalue weighted by Crippen LogP contribution is 2.38. The molecule has 1 aromatic heterocycles. The first-order valence-electron chi connectivity index (χ1n) is 9.19. The summed E-state index contributed by atoms with van der Waals surface area (Å²) in [4.78, 5) is 25.1. The highest BCUT2D eigenvalue weighted by Gasteiger charge is 2.41. The van der Waals surface area contributed by atoms with Gasteiger partial charge in [-0.15, -0.1) is 12.4 Å². The number of nitrogens with one attached hydrogen (secondary N) is 1. The molecule has 6 nitrogen and oxygen atoms in total. The fourth-order valence-electron chi connectivity index (χ4n) is 3.56. The van der Waals surface area contributed by atoms with Crippen LogP contribution in [0.1, 0.15) is 39.5 Å². The summed E-state index contributed by atoms with van der Waals surface area (Å²) in [5.74, 6) is 0.440. The zero-order valence-corrected chi connectivity index (χ0v) is 16.3. The van der Waals surface area contributed by atoms with Crippen LogP contribution in [0.15, 0.2) is 29.1 Å². The van der Waals surface area contributed by atoms with Crippen molar-refractivity contribution in [1.82, 2.24) is 14.5 Å². The fraction of sp³-hybridized carbons (Fsp3) is 0.579. The van der Waals surface area contributed by atoms with Crippen molar-refractivity contribution in [2.24, 2.45) is 11.7 Å². The van der Waals surface area contributed by atoms with E-state index in [-0.39, 0.29) is 36.0 Å². The van der Waals surface area contributed by atoms with Gasteiger partial charge in [-0.3, -0.25) is 13.9 Å². The van der Waals surface area contributed by atoms with Gasteiger partial charge >= 0.3 is 5.69 Å². The number of hydrogen-bond donors (Lipinski definition) is 2. The van der Waals surface area contributed by atoms with Gasteiger partial charge < -0.3 is 11.1 Å². The van der Waals surface area contributed by atoms with Crippen molar-refractivity contribution in [3.8, 4) is 0 Å². The average molecular weight is 381 g/mol. The Hall–Kier alpha value is -1.79. The summed E-state index contributed by atoms with van der Waals surface area (Å²) in [6, 6.07) is 7.76. The molecule has 1 atom stereocenters. The van der Waals surface area contributed by atoms with E-state index in [1.54, 1.807) is 9.13 Å². The minimum Gasteiger partial charge on any atom is -0.349 e. The number of halogens is 1. The normalized spacial score (nSPS) is 16.1. The van der Waals surface area contributed by atoms with Crippen LogP contribution in [-0.2, 0) is 17.9 Å². The van der Waals surface area contributed by atoms with E-state index in [4.69, 9.17) is 5.73 Å². The Morgan fingerprint density at radius 1 is 1.23 bits per heavy atom. The standard InChI is InChI=1S/C19H28N4O2.ClH/c1-3-11-22-15-6-4-5-7-16(15)23(18(22)25)12-10-17(24)21-19(2,13-20)14-8-9-14;/h4-7,14H,3,8-13,20H2,1-2H3,(H,21,24);1H. The van der Waals surface area contributed by atoms with Gasteiger partial charge in [-0.2, -0.15) is 0 Å². The molecule has 0 spiro atoms. The number of nitrogens with zero attached hydrogens (tertiary/aromatic N) is 2. The molecule has 3 rings (SSSR count). The summed E-state index contributed by atoms with van der Waals surface area (Å²) in [5, 5.41) is 3.09. The molecule has 1 aliphatic carbocycles. The summed E-state index contributed by atoms with van der Waals surface area (Å²) < 4.78 is 3.50. The number of imidazole rings is 1. The van der Waals surface area contributed by atoms with Crippen LogP contribution in [0.3, 0.4) is 0 Å². The van der Waals surface area contributed by atoms with Gasteiger partial charge in [0.25, 0.3) is 0 Å². The molecule has 0 radical (unpaired) electrons. The van der Waals surface area contributed by atoms with Crippen molar-refractivity contribution in [3.05, 3.63) is 34.7 Å². The fourth-order valence-corrected chi connectivity index (χ4v) is 3.56. The van der Waals surface area contributed by atoms with Crippen molar-refractivity contribution in [1.29, 1.82) is 0 Å². The quantitative estimate of drug-likeness (QED) is 0.737. The highest BCUT2D eigenvalue weighted by atomic mass is 35.5. The van der Waals surface area contributed by atoms with Crippen LogP contribution >= 0.6 is 12.4 Å². The molecule has 3 N–H and O–H groups in total. The SMILES string of the molecule is CCCn1c(=O)n(CCC(=O)NC(C)(CN)C2CC2)c2ccccc21.Cl. The van der Waals surface area contributed by atoms with Crippen molar-refractivity contribution in [2.45, 2.75) is 58.2 Å². The summed E-state index contributed by atoms with van der Waals surface area (Å²) >= 11 is 0. The van der Waals surface area contributed by atoms with Crippen LogP contribution in [0.25, 0.3) is 11.0 Å². The monoisotopic (exact) mass is 380 g/mol. The van der Waals surface area contributed by atoms with E-state index in [1.165, 1.54) is 0 Å². The van der Waals surface area contributed by atoms with Crippen LogP contribution in [0.2, 0.25) is 0 Å². The Morgan fingerprint density at radius 3 is 2.31 bits per heavy atom. The molecular weight excluding hydrogens is 352 g/mol. The number of carbonyl (C=O) groups excluding carboxylic acids is 1. The number of benzene rings is 1. The molecule has 1 aliphatic rings. The average Bonchev–Trinajstić information content (AvgIpc) is 3.42. The first kappa shape index (κ1) is 20.5. The van der Waals surface area contributed by atoms with Crippen molar-refractivity contribution in [2.75, 3.05) is 6.54 Å². The molecule has 1 aromatic carbocycles. The Bertz CT molecular complexity index is 825. The lowest BCUT2D eigenvalue weighted by Gasteiger charge is -2.29. The van der Waals surface area contributed by atoms with Gasteiger partial charge in [-0.1, -0.05) is 19.1 Å². The Labute approximate surface area is 160 Å². The predicted molar refractivity (Wildman–Crippen MR) is 107 cm³/mol. The molecular formula is C19H29ClN4O2. The zero-order valence-electron chi connectivity index (χ0n) is 15.5. The lowest BCUT2D eigenvalue weighted by molar-refractivity contribution is -0.123. The maximum atomic E-state index is 12.7. The molecule has 1 heterocycles. The van der Waals surface area contributed by atoms with E-state index in [0.717, 1.165) is 30.3 Å². The van der Waals surface area contributed by atoms with Gasteiger partial charge in [-0.05, 0) is 44.2 Å². The van der Waals surface area contributed by atoms with Gasteiger partial charge in [-0.25, -0.2) is 4.79 Å². The Balaban J connectivity index is 0.00000243. The first-order chi connectivity index (χ1) is 12.0. The summed E-state index contributed by atoms with van der Waals surface area (Å²) in [6.07, 6.45) is 3.42. The van der Waals surface area contributed by atoms with Gasteiger partial charge in [0.15, 0.2) is 0 Å². The molecule has 144 valence electrons. The third-order valence-corrected chi connectivity index (χ3v) is 5.26. The molecule has 0 saturated heterocycles. The highest BCUT2D eigenvalue weighted by molar-refractivity contribution is 5.85. The van der Waals surface area contributed by atoms with Gasteiger partial charge in [0.1, 0.15) is 0 Å². The largest absolute Gasteiger partial charge is 0.349 e. The maximum absolute atomic E-state index is 12.7. The second-order valence-electron chi connectivity index (χ2n) is 7.27. The number of nitrogens with two attached hydrogens (primary N) is 1. The molecule has 0 bridgehead atoms. The third kappa shape index (κ3) is 3.96. The summed E-state index contributed by atoms with van der Waals surface area (Å²) in [5.41, 5.74) is 7.32. The maximum Gasteiger partial charge on any atom is 0.329 e. The minimum atomic E-state index is -0.321. The Morgan fingerprint density at radius 2 is 1.81 bits per heavy atom. The second kappa shape index (κ2) is 8.27. The van der Waals surface area contributed by atoms with E-state index in [9.17, 15) is 9.59 Å². The second-order valence-corrected chi connectivity index (χ2v) is 7.27. The van der Waals surface area contributed by atoms with Crippen LogP contribution in [0.5, 0.6) is 0 Å².